The van der Waals surface area contributed by atoms with Gasteiger partial charge in [-0.2, -0.15) is 0 Å². The second kappa shape index (κ2) is 7.15. The molecule has 0 aromatic carbocycles. The van der Waals surface area contributed by atoms with Gasteiger partial charge in [0.25, 0.3) is 5.56 Å². The van der Waals surface area contributed by atoms with Crippen LogP contribution in [0.15, 0.2) is 10.9 Å². The highest BCUT2D eigenvalue weighted by Gasteiger charge is 2.25. The van der Waals surface area contributed by atoms with Crippen LogP contribution in [0, 0.1) is 5.92 Å². The summed E-state index contributed by atoms with van der Waals surface area (Å²) in [5.74, 6) is 1.36. The molecule has 118 valence electrons. The SMILES string of the molecule is CC(C)CNCc1cc(=O)[nH]c(C2CN(C)CCN2C)n1. The van der Waals surface area contributed by atoms with Gasteiger partial charge < -0.3 is 15.2 Å². The molecule has 1 aromatic heterocycles. The van der Waals surface area contributed by atoms with E-state index in [9.17, 15) is 4.79 Å². The van der Waals surface area contributed by atoms with Crippen molar-refractivity contribution in [3.05, 3.63) is 27.9 Å². The third kappa shape index (κ3) is 4.62. The highest BCUT2D eigenvalue weighted by Crippen LogP contribution is 2.19. The van der Waals surface area contributed by atoms with Crippen LogP contribution in [-0.2, 0) is 6.54 Å². The number of hydrogen-bond donors (Lipinski definition) is 2. The van der Waals surface area contributed by atoms with Gasteiger partial charge in [-0.05, 0) is 26.6 Å². The molecule has 21 heavy (non-hydrogen) atoms. The van der Waals surface area contributed by atoms with Crippen LogP contribution in [0.4, 0.5) is 0 Å². The van der Waals surface area contributed by atoms with Crippen molar-refractivity contribution in [1.29, 1.82) is 0 Å². The molecular formula is C15H27N5O. The summed E-state index contributed by atoms with van der Waals surface area (Å²) < 4.78 is 0. The number of nitrogens with zero attached hydrogens (tertiary/aromatic N) is 3. The summed E-state index contributed by atoms with van der Waals surface area (Å²) in [6.45, 7) is 8.82. The highest BCUT2D eigenvalue weighted by atomic mass is 16.1. The van der Waals surface area contributed by atoms with Gasteiger partial charge in [-0.1, -0.05) is 13.8 Å². The van der Waals surface area contributed by atoms with Gasteiger partial charge in [0, 0.05) is 32.2 Å². The Balaban J connectivity index is 2.12. The second-order valence-electron chi connectivity index (χ2n) is 6.41. The van der Waals surface area contributed by atoms with E-state index >= 15 is 0 Å². The highest BCUT2D eigenvalue weighted by molar-refractivity contribution is 5.07. The molecule has 1 unspecified atom stereocenters. The first-order valence-electron chi connectivity index (χ1n) is 7.65. The summed E-state index contributed by atoms with van der Waals surface area (Å²) in [5, 5.41) is 3.34. The van der Waals surface area contributed by atoms with Crippen LogP contribution in [0.2, 0.25) is 0 Å². The van der Waals surface area contributed by atoms with Gasteiger partial charge in [-0.3, -0.25) is 9.69 Å². The lowest BCUT2D eigenvalue weighted by Crippen LogP contribution is -2.45. The fourth-order valence-corrected chi connectivity index (χ4v) is 2.57. The lowest BCUT2D eigenvalue weighted by atomic mass is 10.1. The molecule has 2 heterocycles. The zero-order chi connectivity index (χ0) is 15.4. The summed E-state index contributed by atoms with van der Waals surface area (Å²) in [5.41, 5.74) is 0.749. The van der Waals surface area contributed by atoms with E-state index in [0.717, 1.165) is 37.7 Å². The summed E-state index contributed by atoms with van der Waals surface area (Å²) in [7, 11) is 4.19. The lowest BCUT2D eigenvalue weighted by molar-refractivity contribution is 0.109. The van der Waals surface area contributed by atoms with Crippen molar-refractivity contribution >= 4 is 0 Å². The zero-order valence-electron chi connectivity index (χ0n) is 13.5. The Morgan fingerprint density at radius 3 is 2.90 bits per heavy atom. The number of aromatic nitrogens is 2. The topological polar surface area (TPSA) is 64.3 Å². The fraction of sp³-hybridized carbons (Fsp3) is 0.733. The van der Waals surface area contributed by atoms with E-state index in [-0.39, 0.29) is 11.6 Å². The molecule has 0 saturated carbocycles. The van der Waals surface area contributed by atoms with Crippen molar-refractivity contribution in [2.24, 2.45) is 5.92 Å². The first kappa shape index (κ1) is 16.1. The third-order valence-corrected chi connectivity index (χ3v) is 3.84. The van der Waals surface area contributed by atoms with E-state index < -0.39 is 0 Å². The largest absolute Gasteiger partial charge is 0.311 e. The van der Waals surface area contributed by atoms with Gasteiger partial charge >= 0.3 is 0 Å². The van der Waals surface area contributed by atoms with Crippen LogP contribution in [-0.4, -0.2) is 60.0 Å². The Morgan fingerprint density at radius 2 is 2.19 bits per heavy atom. The van der Waals surface area contributed by atoms with Gasteiger partial charge in [-0.15, -0.1) is 0 Å². The van der Waals surface area contributed by atoms with Gasteiger partial charge in [-0.25, -0.2) is 4.98 Å². The van der Waals surface area contributed by atoms with Gasteiger partial charge in [0.15, 0.2) is 0 Å². The first-order valence-corrected chi connectivity index (χ1v) is 7.65. The molecule has 0 aliphatic carbocycles. The van der Waals surface area contributed by atoms with E-state index in [1.807, 2.05) is 0 Å². The number of rotatable bonds is 5. The van der Waals surface area contributed by atoms with E-state index in [2.05, 4.69) is 53.0 Å². The molecule has 1 saturated heterocycles. The minimum absolute atomic E-state index is 0.0667. The van der Waals surface area contributed by atoms with Gasteiger partial charge in [0.05, 0.1) is 11.7 Å². The summed E-state index contributed by atoms with van der Waals surface area (Å²) in [6.07, 6.45) is 0. The molecule has 2 N–H and O–H groups in total. The monoisotopic (exact) mass is 293 g/mol. The molecule has 0 radical (unpaired) electrons. The average molecular weight is 293 g/mol. The number of hydrogen-bond acceptors (Lipinski definition) is 5. The molecular weight excluding hydrogens is 266 g/mol. The van der Waals surface area contributed by atoms with Crippen LogP contribution in [0.5, 0.6) is 0 Å². The van der Waals surface area contributed by atoms with Crippen LogP contribution in [0.3, 0.4) is 0 Å². The molecule has 0 amide bonds. The molecule has 0 bridgehead atoms. The lowest BCUT2D eigenvalue weighted by Gasteiger charge is -2.36. The van der Waals surface area contributed by atoms with E-state index in [1.165, 1.54) is 0 Å². The maximum atomic E-state index is 11.9. The Hall–Kier alpha value is -1.24. The second-order valence-corrected chi connectivity index (χ2v) is 6.41. The fourth-order valence-electron chi connectivity index (χ4n) is 2.57. The normalized spacial score (nSPS) is 21.1. The number of likely N-dealkylation sites (N-methyl/N-ethyl adjacent to an activating group) is 2. The minimum Gasteiger partial charge on any atom is -0.311 e. The minimum atomic E-state index is -0.0667. The smallest absolute Gasteiger partial charge is 0.251 e. The van der Waals surface area contributed by atoms with Crippen LogP contribution in [0.1, 0.15) is 31.4 Å². The molecule has 1 fully saturated rings. The molecule has 1 aromatic rings. The standard InChI is InChI=1S/C15H27N5O/c1-11(2)8-16-9-12-7-14(21)18-15(17-12)13-10-19(3)5-6-20(13)4/h7,11,13,16H,5-6,8-10H2,1-4H3,(H,17,18,21). The van der Waals surface area contributed by atoms with E-state index in [4.69, 9.17) is 0 Å². The summed E-state index contributed by atoms with van der Waals surface area (Å²) in [4.78, 5) is 24.0. The maximum Gasteiger partial charge on any atom is 0.251 e. The number of aromatic amines is 1. The van der Waals surface area contributed by atoms with Crippen LogP contribution >= 0.6 is 0 Å². The number of nitrogens with one attached hydrogen (secondary N) is 2. The van der Waals surface area contributed by atoms with Crippen molar-refractivity contribution in [2.45, 2.75) is 26.4 Å². The van der Waals surface area contributed by atoms with E-state index in [1.54, 1.807) is 6.07 Å². The third-order valence-electron chi connectivity index (χ3n) is 3.84. The van der Waals surface area contributed by atoms with Crippen LogP contribution < -0.4 is 10.9 Å². The van der Waals surface area contributed by atoms with Crippen LogP contribution in [0.25, 0.3) is 0 Å². The number of piperazine rings is 1. The molecule has 6 nitrogen and oxygen atoms in total. The van der Waals surface area contributed by atoms with E-state index in [0.29, 0.717) is 12.5 Å². The van der Waals surface area contributed by atoms with Gasteiger partial charge in [0.2, 0.25) is 0 Å². The Labute approximate surface area is 126 Å². The van der Waals surface area contributed by atoms with Crippen molar-refractivity contribution in [3.63, 3.8) is 0 Å². The summed E-state index contributed by atoms with van der Waals surface area (Å²) >= 11 is 0. The molecule has 1 aliphatic rings. The number of H-pyrrole nitrogens is 1. The summed E-state index contributed by atoms with van der Waals surface area (Å²) in [6, 6.07) is 1.74. The Kier molecular flexibility index (Phi) is 5.50. The average Bonchev–Trinajstić information content (AvgIpc) is 2.40. The quantitative estimate of drug-likeness (QED) is 0.824. The Morgan fingerprint density at radius 1 is 1.43 bits per heavy atom. The van der Waals surface area contributed by atoms with Crippen molar-refractivity contribution in [2.75, 3.05) is 40.3 Å². The van der Waals surface area contributed by atoms with Gasteiger partial charge in [0.1, 0.15) is 5.82 Å². The molecule has 0 spiro atoms. The molecule has 2 rings (SSSR count). The first-order chi connectivity index (χ1) is 9.95. The predicted octanol–water partition coefficient (Wildman–Crippen LogP) is 0.434. The predicted molar refractivity (Wildman–Crippen MR) is 84.3 cm³/mol. The van der Waals surface area contributed by atoms with Crippen molar-refractivity contribution < 1.29 is 0 Å². The molecule has 1 atom stereocenters. The molecule has 1 aliphatic heterocycles. The zero-order valence-corrected chi connectivity index (χ0v) is 13.5. The molecule has 6 heteroatoms. The maximum absolute atomic E-state index is 11.9. The van der Waals surface area contributed by atoms with Crippen molar-refractivity contribution in [3.8, 4) is 0 Å². The Bertz CT molecular complexity index is 513. The van der Waals surface area contributed by atoms with Crippen molar-refractivity contribution in [1.82, 2.24) is 25.1 Å².